The SMILES string of the molecule is Cc1csc([Si](C)(C)C)n1. The van der Waals surface area contributed by atoms with Gasteiger partial charge < -0.3 is 0 Å². The number of aromatic nitrogens is 1. The van der Waals surface area contributed by atoms with E-state index < -0.39 is 8.07 Å². The summed E-state index contributed by atoms with van der Waals surface area (Å²) >= 11 is 1.81. The summed E-state index contributed by atoms with van der Waals surface area (Å²) in [5.74, 6) is 0. The van der Waals surface area contributed by atoms with Gasteiger partial charge in [-0.15, -0.1) is 11.3 Å². The second-order valence-electron chi connectivity index (χ2n) is 3.54. The first-order valence-electron chi connectivity index (χ1n) is 3.43. The summed E-state index contributed by atoms with van der Waals surface area (Å²) in [4.78, 5) is 4.46. The van der Waals surface area contributed by atoms with Crippen LogP contribution >= 0.6 is 11.3 Å². The molecule has 0 N–H and O–H groups in total. The predicted octanol–water partition coefficient (Wildman–Crippen LogP) is 2.00. The molecule has 0 saturated heterocycles. The van der Waals surface area contributed by atoms with E-state index in [2.05, 4.69) is 36.9 Å². The van der Waals surface area contributed by atoms with Crippen molar-refractivity contribution >= 4 is 24.0 Å². The van der Waals surface area contributed by atoms with Crippen molar-refractivity contribution in [1.82, 2.24) is 4.98 Å². The Morgan fingerprint density at radius 2 is 2.00 bits per heavy atom. The lowest BCUT2D eigenvalue weighted by molar-refractivity contribution is 1.28. The number of thiazole rings is 1. The fourth-order valence-corrected chi connectivity index (χ4v) is 3.33. The Labute approximate surface area is 67.1 Å². The normalized spacial score (nSPS) is 12.0. The first-order valence-corrected chi connectivity index (χ1v) is 7.81. The molecule has 0 unspecified atom stereocenters. The van der Waals surface area contributed by atoms with Gasteiger partial charge in [0, 0.05) is 11.1 Å². The maximum Gasteiger partial charge on any atom is 0.114 e. The molecule has 3 heteroatoms. The van der Waals surface area contributed by atoms with Crippen molar-refractivity contribution in [2.45, 2.75) is 26.6 Å². The van der Waals surface area contributed by atoms with Gasteiger partial charge in [-0.05, 0) is 6.92 Å². The Hall–Kier alpha value is -0.153. The molecule has 1 heterocycles. The fraction of sp³-hybridized carbons (Fsp3) is 0.571. The third-order valence-electron chi connectivity index (χ3n) is 1.26. The van der Waals surface area contributed by atoms with Gasteiger partial charge in [0.2, 0.25) is 0 Å². The second-order valence-corrected chi connectivity index (χ2v) is 9.74. The van der Waals surface area contributed by atoms with Crippen LogP contribution in [0.4, 0.5) is 0 Å². The van der Waals surface area contributed by atoms with E-state index >= 15 is 0 Å². The van der Waals surface area contributed by atoms with Crippen molar-refractivity contribution in [3.8, 4) is 0 Å². The topological polar surface area (TPSA) is 12.9 Å². The van der Waals surface area contributed by atoms with Gasteiger partial charge >= 0.3 is 0 Å². The van der Waals surface area contributed by atoms with Crippen molar-refractivity contribution in [3.63, 3.8) is 0 Å². The van der Waals surface area contributed by atoms with Crippen LogP contribution < -0.4 is 4.63 Å². The second kappa shape index (κ2) is 2.47. The maximum atomic E-state index is 4.46. The molecule has 0 aliphatic heterocycles. The van der Waals surface area contributed by atoms with Crippen molar-refractivity contribution in [3.05, 3.63) is 11.1 Å². The van der Waals surface area contributed by atoms with Gasteiger partial charge in [0.05, 0.1) is 4.63 Å². The molecule has 0 aromatic carbocycles. The maximum absolute atomic E-state index is 4.46. The molecule has 1 nitrogen and oxygen atoms in total. The number of rotatable bonds is 1. The highest BCUT2D eigenvalue weighted by Crippen LogP contribution is 2.06. The van der Waals surface area contributed by atoms with E-state index in [1.807, 2.05) is 11.3 Å². The van der Waals surface area contributed by atoms with Gasteiger partial charge in [0.25, 0.3) is 0 Å². The molecule has 0 spiro atoms. The largest absolute Gasteiger partial charge is 0.252 e. The highest BCUT2D eigenvalue weighted by atomic mass is 32.1. The van der Waals surface area contributed by atoms with Crippen LogP contribution in [-0.4, -0.2) is 13.1 Å². The highest BCUT2D eigenvalue weighted by Gasteiger charge is 2.19. The van der Waals surface area contributed by atoms with Crippen molar-refractivity contribution in [2.24, 2.45) is 0 Å². The zero-order valence-electron chi connectivity index (χ0n) is 6.93. The van der Waals surface area contributed by atoms with Crippen molar-refractivity contribution in [1.29, 1.82) is 0 Å². The number of nitrogens with zero attached hydrogens (tertiary/aromatic N) is 1. The molecular weight excluding hydrogens is 158 g/mol. The minimum absolute atomic E-state index is 1.11. The smallest absolute Gasteiger partial charge is 0.114 e. The van der Waals surface area contributed by atoms with E-state index in [9.17, 15) is 0 Å². The summed E-state index contributed by atoms with van der Waals surface area (Å²) in [6, 6.07) is 0. The summed E-state index contributed by atoms with van der Waals surface area (Å²) in [6.45, 7) is 9.03. The summed E-state index contributed by atoms with van der Waals surface area (Å²) in [6.07, 6.45) is 0. The lowest BCUT2D eigenvalue weighted by atomic mass is 10.6. The summed E-state index contributed by atoms with van der Waals surface area (Å²) in [5, 5.41) is 2.13. The molecule has 0 aliphatic rings. The van der Waals surface area contributed by atoms with Crippen molar-refractivity contribution < 1.29 is 0 Å². The monoisotopic (exact) mass is 171 g/mol. The van der Waals surface area contributed by atoms with Crippen LogP contribution in [0.2, 0.25) is 19.6 Å². The van der Waals surface area contributed by atoms with Crippen molar-refractivity contribution in [2.75, 3.05) is 0 Å². The van der Waals surface area contributed by atoms with Crippen LogP contribution in [0, 0.1) is 6.92 Å². The fourth-order valence-electron chi connectivity index (χ4n) is 0.698. The quantitative estimate of drug-likeness (QED) is 0.589. The van der Waals surface area contributed by atoms with E-state index in [0.29, 0.717) is 0 Å². The molecule has 0 aliphatic carbocycles. The summed E-state index contributed by atoms with van der Waals surface area (Å²) < 4.78 is 1.37. The molecule has 0 amide bonds. The van der Waals surface area contributed by atoms with Gasteiger partial charge in [0.1, 0.15) is 8.07 Å². The molecule has 1 aromatic rings. The summed E-state index contributed by atoms with van der Waals surface area (Å²) in [5.41, 5.74) is 1.17. The molecule has 0 atom stereocenters. The molecule has 1 aromatic heterocycles. The minimum atomic E-state index is -1.11. The van der Waals surface area contributed by atoms with Gasteiger partial charge in [-0.25, -0.2) is 0 Å². The van der Waals surface area contributed by atoms with Gasteiger partial charge in [0.15, 0.2) is 0 Å². The molecule has 10 heavy (non-hydrogen) atoms. The Kier molecular flexibility index (Phi) is 1.96. The van der Waals surface area contributed by atoms with E-state index in [1.165, 1.54) is 10.3 Å². The van der Waals surface area contributed by atoms with Crippen LogP contribution in [0.1, 0.15) is 5.69 Å². The number of hydrogen-bond donors (Lipinski definition) is 0. The predicted molar refractivity (Wildman–Crippen MR) is 49.8 cm³/mol. The van der Waals surface area contributed by atoms with Gasteiger partial charge in [-0.3, -0.25) is 4.98 Å². The lowest BCUT2D eigenvalue weighted by Crippen LogP contribution is -2.37. The van der Waals surface area contributed by atoms with Crippen LogP contribution in [0.15, 0.2) is 5.38 Å². The van der Waals surface area contributed by atoms with Gasteiger partial charge in [-0.1, -0.05) is 19.6 Å². The Morgan fingerprint density at radius 3 is 2.20 bits per heavy atom. The molecule has 0 fully saturated rings. The minimum Gasteiger partial charge on any atom is -0.252 e. The first kappa shape index (κ1) is 7.95. The van der Waals surface area contributed by atoms with E-state index in [-0.39, 0.29) is 0 Å². The average molecular weight is 171 g/mol. The van der Waals surface area contributed by atoms with E-state index in [0.717, 1.165) is 0 Å². The summed E-state index contributed by atoms with van der Waals surface area (Å²) in [7, 11) is -1.11. The molecule has 1 rings (SSSR count). The van der Waals surface area contributed by atoms with Crippen LogP contribution in [-0.2, 0) is 0 Å². The Morgan fingerprint density at radius 1 is 1.40 bits per heavy atom. The zero-order valence-corrected chi connectivity index (χ0v) is 8.75. The van der Waals surface area contributed by atoms with Crippen LogP contribution in [0.5, 0.6) is 0 Å². The highest BCUT2D eigenvalue weighted by molar-refractivity contribution is 7.24. The van der Waals surface area contributed by atoms with Crippen LogP contribution in [0.25, 0.3) is 0 Å². The van der Waals surface area contributed by atoms with E-state index in [1.54, 1.807) is 0 Å². The zero-order chi connectivity index (χ0) is 7.78. The lowest BCUT2D eigenvalue weighted by Gasteiger charge is -2.10. The third kappa shape index (κ3) is 1.67. The molecule has 0 bridgehead atoms. The van der Waals surface area contributed by atoms with E-state index in [4.69, 9.17) is 0 Å². The Bertz CT molecular complexity index is 224. The number of aryl methyl sites for hydroxylation is 1. The first-order chi connectivity index (χ1) is 4.50. The van der Waals surface area contributed by atoms with Gasteiger partial charge in [-0.2, -0.15) is 0 Å². The molecule has 56 valence electrons. The standard InChI is InChI=1S/C7H13NSSi/c1-6-5-9-7(8-6)10(2,3)4/h5H,1-4H3. The van der Waals surface area contributed by atoms with Crippen LogP contribution in [0.3, 0.4) is 0 Å². The number of hydrogen-bond acceptors (Lipinski definition) is 2. The molecule has 0 radical (unpaired) electrons. The molecule has 0 saturated carbocycles. The Balaban J connectivity index is 2.96. The average Bonchev–Trinajstić information content (AvgIpc) is 2.11. The molecular formula is C7H13NSSi. The third-order valence-corrected chi connectivity index (χ3v) is 5.62.